The van der Waals surface area contributed by atoms with Crippen molar-refractivity contribution in [2.75, 3.05) is 36.4 Å². The number of rotatable bonds is 4. The van der Waals surface area contributed by atoms with Crippen LogP contribution in [-0.4, -0.2) is 56.9 Å². The van der Waals surface area contributed by atoms with Crippen LogP contribution in [0.25, 0.3) is 0 Å². The van der Waals surface area contributed by atoms with Gasteiger partial charge in [0.25, 0.3) is 5.91 Å². The van der Waals surface area contributed by atoms with Crippen LogP contribution >= 0.6 is 0 Å². The lowest BCUT2D eigenvalue weighted by Crippen LogP contribution is -2.49. The molecule has 1 saturated heterocycles. The molecule has 0 saturated carbocycles. The summed E-state index contributed by atoms with van der Waals surface area (Å²) in [5.41, 5.74) is 0.840. The fraction of sp³-hybridized carbons (Fsp3) is 0.211. The fourth-order valence-corrected chi connectivity index (χ4v) is 2.98. The van der Waals surface area contributed by atoms with Gasteiger partial charge in [-0.1, -0.05) is 6.07 Å². The van der Waals surface area contributed by atoms with E-state index in [4.69, 9.17) is 0 Å². The second-order valence-electron chi connectivity index (χ2n) is 6.25. The van der Waals surface area contributed by atoms with E-state index in [1.807, 2.05) is 4.90 Å². The van der Waals surface area contributed by atoms with Gasteiger partial charge in [0.05, 0.1) is 0 Å². The van der Waals surface area contributed by atoms with Crippen molar-refractivity contribution in [1.82, 2.24) is 24.8 Å². The van der Waals surface area contributed by atoms with E-state index in [1.165, 1.54) is 18.5 Å². The molecule has 1 N–H and O–H groups in total. The number of hydrogen-bond acceptors (Lipinski definition) is 7. The smallest absolute Gasteiger partial charge is 0.272 e. The number of halogens is 1. The number of hydrogen-bond donors (Lipinski definition) is 1. The van der Waals surface area contributed by atoms with Crippen molar-refractivity contribution in [2.24, 2.45) is 0 Å². The first-order valence-electron chi connectivity index (χ1n) is 8.85. The van der Waals surface area contributed by atoms with Crippen LogP contribution in [0.1, 0.15) is 10.5 Å². The summed E-state index contributed by atoms with van der Waals surface area (Å²) in [4.78, 5) is 33.3. The van der Waals surface area contributed by atoms with Crippen molar-refractivity contribution in [3.8, 4) is 0 Å². The molecule has 0 spiro atoms. The van der Waals surface area contributed by atoms with E-state index >= 15 is 0 Å². The van der Waals surface area contributed by atoms with Gasteiger partial charge in [0, 0.05) is 50.3 Å². The van der Waals surface area contributed by atoms with E-state index < -0.39 is 0 Å². The number of nitrogens with one attached hydrogen (secondary N) is 1. The topological polar surface area (TPSA) is 87.1 Å². The third kappa shape index (κ3) is 4.03. The highest BCUT2D eigenvalue weighted by molar-refractivity contribution is 5.93. The minimum Gasteiger partial charge on any atom is -0.340 e. The Morgan fingerprint density at radius 3 is 2.50 bits per heavy atom. The molecular formula is C19H18FN7O. The molecule has 2 aromatic heterocycles. The summed E-state index contributed by atoms with van der Waals surface area (Å²) in [7, 11) is 0. The van der Waals surface area contributed by atoms with Crippen molar-refractivity contribution < 1.29 is 9.18 Å². The molecule has 142 valence electrons. The second kappa shape index (κ2) is 7.95. The molecule has 1 amide bonds. The van der Waals surface area contributed by atoms with E-state index in [1.54, 1.807) is 41.6 Å². The maximum Gasteiger partial charge on any atom is 0.272 e. The number of amides is 1. The summed E-state index contributed by atoms with van der Waals surface area (Å²) in [6.45, 7) is 2.39. The standard InChI is InChI=1S/C19H18FN7O/c20-14-3-1-4-15(11-14)25-17-12-16(23-13-24-17)18(28)26-7-9-27(10-8-26)19-21-5-2-6-22-19/h1-6,11-13H,7-10H2,(H,23,24,25). The molecule has 1 aromatic carbocycles. The van der Waals surface area contributed by atoms with Crippen molar-refractivity contribution in [1.29, 1.82) is 0 Å². The van der Waals surface area contributed by atoms with E-state index in [2.05, 4.69) is 25.3 Å². The largest absolute Gasteiger partial charge is 0.340 e. The minimum atomic E-state index is -0.351. The third-order valence-corrected chi connectivity index (χ3v) is 4.39. The van der Waals surface area contributed by atoms with Gasteiger partial charge >= 0.3 is 0 Å². The van der Waals surface area contributed by atoms with Crippen LogP contribution in [0.4, 0.5) is 21.8 Å². The van der Waals surface area contributed by atoms with Gasteiger partial charge < -0.3 is 15.1 Å². The molecule has 0 radical (unpaired) electrons. The summed E-state index contributed by atoms with van der Waals surface area (Å²) < 4.78 is 13.3. The zero-order valence-electron chi connectivity index (χ0n) is 15.0. The van der Waals surface area contributed by atoms with Gasteiger partial charge in [0.15, 0.2) is 0 Å². The number of nitrogens with zero attached hydrogens (tertiary/aromatic N) is 6. The molecule has 4 rings (SSSR count). The van der Waals surface area contributed by atoms with Crippen molar-refractivity contribution in [2.45, 2.75) is 0 Å². The van der Waals surface area contributed by atoms with Gasteiger partial charge in [-0.25, -0.2) is 24.3 Å². The monoisotopic (exact) mass is 379 g/mol. The summed E-state index contributed by atoms with van der Waals surface area (Å²) in [6.07, 6.45) is 4.73. The first-order valence-corrected chi connectivity index (χ1v) is 8.85. The van der Waals surface area contributed by atoms with Crippen LogP contribution in [0, 0.1) is 5.82 Å². The first-order chi connectivity index (χ1) is 13.7. The van der Waals surface area contributed by atoms with Crippen LogP contribution in [0.2, 0.25) is 0 Å². The maximum absolute atomic E-state index is 13.3. The molecule has 0 unspecified atom stereocenters. The van der Waals surface area contributed by atoms with Gasteiger partial charge in [-0.05, 0) is 24.3 Å². The number of aromatic nitrogens is 4. The Balaban J connectivity index is 1.41. The highest BCUT2D eigenvalue weighted by atomic mass is 19.1. The van der Waals surface area contributed by atoms with Crippen LogP contribution in [0.3, 0.4) is 0 Å². The molecule has 28 heavy (non-hydrogen) atoms. The Kier molecular flexibility index (Phi) is 5.05. The summed E-state index contributed by atoms with van der Waals surface area (Å²) in [5.74, 6) is 0.576. The quantitative estimate of drug-likeness (QED) is 0.743. The third-order valence-electron chi connectivity index (χ3n) is 4.39. The molecule has 1 aliphatic rings. The number of piperazine rings is 1. The lowest BCUT2D eigenvalue weighted by atomic mass is 10.2. The van der Waals surface area contributed by atoms with Crippen molar-refractivity contribution in [3.63, 3.8) is 0 Å². The Morgan fingerprint density at radius 1 is 0.964 bits per heavy atom. The van der Waals surface area contributed by atoms with Gasteiger partial charge in [-0.2, -0.15) is 0 Å². The average molecular weight is 379 g/mol. The van der Waals surface area contributed by atoms with Gasteiger partial charge in [-0.15, -0.1) is 0 Å². The van der Waals surface area contributed by atoms with Crippen LogP contribution in [0.15, 0.2) is 55.1 Å². The van der Waals surface area contributed by atoms with Crippen LogP contribution in [0.5, 0.6) is 0 Å². The molecule has 8 nitrogen and oxygen atoms in total. The number of carbonyl (C=O) groups excluding carboxylic acids is 1. The van der Waals surface area contributed by atoms with E-state index in [0.29, 0.717) is 49.3 Å². The van der Waals surface area contributed by atoms with Crippen molar-refractivity contribution in [3.05, 3.63) is 66.6 Å². The van der Waals surface area contributed by atoms with E-state index in [-0.39, 0.29) is 11.7 Å². The van der Waals surface area contributed by atoms with Gasteiger partial charge in [-0.3, -0.25) is 4.79 Å². The average Bonchev–Trinajstić information content (AvgIpc) is 2.74. The van der Waals surface area contributed by atoms with Gasteiger partial charge in [0.1, 0.15) is 23.7 Å². The zero-order valence-corrected chi connectivity index (χ0v) is 15.0. The molecule has 1 fully saturated rings. The second-order valence-corrected chi connectivity index (χ2v) is 6.25. The molecule has 0 bridgehead atoms. The van der Waals surface area contributed by atoms with Crippen LogP contribution in [-0.2, 0) is 0 Å². The minimum absolute atomic E-state index is 0.168. The van der Waals surface area contributed by atoms with E-state index in [9.17, 15) is 9.18 Å². The zero-order chi connectivity index (χ0) is 19.3. The highest BCUT2D eigenvalue weighted by Gasteiger charge is 2.24. The summed E-state index contributed by atoms with van der Waals surface area (Å²) in [5, 5.41) is 2.98. The normalized spacial score (nSPS) is 14.0. The summed E-state index contributed by atoms with van der Waals surface area (Å²) >= 11 is 0. The van der Waals surface area contributed by atoms with Crippen molar-refractivity contribution >= 4 is 23.4 Å². The van der Waals surface area contributed by atoms with Crippen LogP contribution < -0.4 is 10.2 Å². The Labute approximate surface area is 161 Å². The molecule has 1 aliphatic heterocycles. The highest BCUT2D eigenvalue weighted by Crippen LogP contribution is 2.17. The number of benzene rings is 1. The molecule has 3 aromatic rings. The fourth-order valence-electron chi connectivity index (χ4n) is 2.98. The lowest BCUT2D eigenvalue weighted by Gasteiger charge is -2.34. The van der Waals surface area contributed by atoms with E-state index in [0.717, 1.165) is 0 Å². The predicted molar refractivity (Wildman–Crippen MR) is 102 cm³/mol. The van der Waals surface area contributed by atoms with Gasteiger partial charge in [0.2, 0.25) is 5.95 Å². The predicted octanol–water partition coefficient (Wildman–Crippen LogP) is 2.11. The lowest BCUT2D eigenvalue weighted by molar-refractivity contribution is 0.0740. The number of anilines is 3. The molecule has 9 heteroatoms. The molecule has 0 atom stereocenters. The molecule has 0 aliphatic carbocycles. The Morgan fingerprint density at radius 2 is 1.75 bits per heavy atom. The maximum atomic E-state index is 13.3. The SMILES string of the molecule is O=C(c1cc(Nc2cccc(F)c2)ncn1)N1CCN(c2ncccn2)CC1. The molecule has 3 heterocycles. The first kappa shape index (κ1) is 17.8. The summed E-state index contributed by atoms with van der Waals surface area (Å²) in [6, 6.07) is 9.38. The molecular weight excluding hydrogens is 361 g/mol. The Bertz CT molecular complexity index is 961. The number of carbonyl (C=O) groups is 1. The Hall–Kier alpha value is -3.62.